The van der Waals surface area contributed by atoms with Crippen LogP contribution in [0.5, 0.6) is 0 Å². The normalized spacial score (nSPS) is 10.8. The summed E-state index contributed by atoms with van der Waals surface area (Å²) in [5, 5.41) is 0. The molecule has 3 heteroatoms. The second-order valence-corrected chi connectivity index (χ2v) is 11.8. The average molecular weight is 643 g/mol. The Hall–Kier alpha value is -2.44. The van der Waals surface area contributed by atoms with Gasteiger partial charge in [-0.1, -0.05) is 74.9 Å². The third-order valence-electron chi connectivity index (χ3n) is 6.83. The van der Waals surface area contributed by atoms with E-state index in [1.165, 1.54) is 71.9 Å². The minimum absolute atomic E-state index is 0. The van der Waals surface area contributed by atoms with Gasteiger partial charge >= 0.3 is 99.2 Å². The van der Waals surface area contributed by atoms with Crippen molar-refractivity contribution in [1.29, 1.82) is 0 Å². The molecule has 0 heterocycles. The van der Waals surface area contributed by atoms with Crippen LogP contribution in [0.15, 0.2) is 121 Å². The molecule has 0 bridgehead atoms. The zero-order valence-electron chi connectivity index (χ0n) is 23.7. The predicted octanol–water partition coefficient (Wildman–Crippen LogP) is 3.13. The number of fused-ring (bicyclic) bond motifs is 3. The molecule has 0 atom stereocenters. The molecule has 0 fully saturated rings. The van der Waals surface area contributed by atoms with Gasteiger partial charge in [0.15, 0.2) is 0 Å². The van der Waals surface area contributed by atoms with E-state index in [9.17, 15) is 0 Å². The third-order valence-corrected chi connectivity index (χ3v) is 8.25. The molecule has 40 heavy (non-hydrogen) atoms. The summed E-state index contributed by atoms with van der Waals surface area (Å²) < 4.78 is 1.42. The molecule has 0 unspecified atom stereocenters. The fourth-order valence-corrected chi connectivity index (χ4v) is 5.37. The van der Waals surface area contributed by atoms with E-state index in [2.05, 4.69) is 149 Å². The average Bonchev–Trinajstić information content (AvgIpc) is 3.60. The first-order valence-electron chi connectivity index (χ1n) is 13.4. The second-order valence-electron chi connectivity index (χ2n) is 10.6. The number of hydrogen-bond acceptors (Lipinski definition) is 0. The van der Waals surface area contributed by atoms with Gasteiger partial charge in [-0.15, -0.1) is 5.56 Å². The largest absolute Gasteiger partial charge is 0.179 e. The predicted molar refractivity (Wildman–Crippen MR) is 160 cm³/mol. The van der Waals surface area contributed by atoms with E-state index in [1.54, 1.807) is 0 Å². The van der Waals surface area contributed by atoms with Crippen LogP contribution < -0.4 is 24.8 Å². The minimum atomic E-state index is 0. The van der Waals surface area contributed by atoms with Crippen LogP contribution >= 0.6 is 0 Å². The molecule has 204 valence electrons. The number of aryl methyl sites for hydroxylation is 1. The van der Waals surface area contributed by atoms with E-state index in [0.717, 1.165) is 12.8 Å². The molecule has 0 N–H and O–H groups in total. The van der Waals surface area contributed by atoms with E-state index in [0.29, 0.717) is 5.41 Å². The summed E-state index contributed by atoms with van der Waals surface area (Å²) in [6.45, 7) is 8.95. The first-order chi connectivity index (χ1) is 18.4. The Morgan fingerprint density at radius 3 is 1.85 bits per heavy atom. The van der Waals surface area contributed by atoms with Gasteiger partial charge in [-0.25, -0.2) is 6.07 Å². The number of benzene rings is 4. The molecule has 5 aromatic carbocycles. The Balaban J connectivity index is 0.000000207. The van der Waals surface area contributed by atoms with Crippen LogP contribution in [0.4, 0.5) is 0 Å². The van der Waals surface area contributed by atoms with Crippen LogP contribution in [-0.2, 0) is 42.5 Å². The van der Waals surface area contributed by atoms with Gasteiger partial charge in [-0.2, -0.15) is 53.1 Å². The van der Waals surface area contributed by atoms with E-state index in [-0.39, 0.29) is 24.8 Å². The van der Waals surface area contributed by atoms with Crippen LogP contribution in [0.1, 0.15) is 61.1 Å². The summed E-state index contributed by atoms with van der Waals surface area (Å²) in [5.41, 5.74) is 11.4. The maximum Gasteiger partial charge on any atom is -0.0253 e. The molecule has 0 saturated carbocycles. The van der Waals surface area contributed by atoms with Crippen molar-refractivity contribution in [3.63, 3.8) is 0 Å². The molecule has 0 aliphatic heterocycles. The Morgan fingerprint density at radius 2 is 1.32 bits per heavy atom. The molecule has 1 aliphatic carbocycles. The summed E-state index contributed by atoms with van der Waals surface area (Å²) in [4.78, 5) is 0. The summed E-state index contributed by atoms with van der Waals surface area (Å²) in [5.74, 6) is 0. The van der Waals surface area contributed by atoms with Gasteiger partial charge in [0.1, 0.15) is 0 Å². The molecule has 0 spiro atoms. The van der Waals surface area contributed by atoms with Crippen LogP contribution in [0, 0.1) is 6.07 Å². The number of halogens is 2. The first-order valence-corrected chi connectivity index (χ1v) is 14.6. The number of rotatable bonds is 3. The van der Waals surface area contributed by atoms with Gasteiger partial charge in [0.05, 0.1) is 0 Å². The molecule has 6 rings (SSSR count). The standard InChI is InChI=1S/C13H9.C13H10.C11H17.2ClH.Zr/c1-3-7-12-10(5-1)9-11-6-2-4-8-13(11)12;1-3-7-12(8-4-1)11-13-9-5-2-6-10-13;1-5-9-6-7-10(8-9)11(2,3)4;;;/h1-5,7-8H,9H2;1-10H;6-8H,5H2,1-4H3;2*1H;/q-1;;-1;;;+2/p-2. The molecular weight excluding hydrogens is 607 g/mol. The van der Waals surface area contributed by atoms with E-state index < -0.39 is 0 Å². The van der Waals surface area contributed by atoms with E-state index in [4.69, 9.17) is 0 Å². The molecule has 0 saturated heterocycles. The van der Waals surface area contributed by atoms with Crippen molar-refractivity contribution in [2.75, 3.05) is 0 Å². The van der Waals surface area contributed by atoms with Crippen LogP contribution in [-0.4, -0.2) is 3.21 Å². The monoisotopic (exact) mass is 640 g/mol. The third kappa shape index (κ3) is 9.04. The quantitative estimate of drug-likeness (QED) is 0.261. The molecule has 0 aromatic heterocycles. The molecule has 0 amide bonds. The summed E-state index contributed by atoms with van der Waals surface area (Å²) in [7, 11) is 0. The first kappa shape index (κ1) is 33.8. The maximum atomic E-state index is 3.30. The zero-order chi connectivity index (χ0) is 27.0. The number of hydrogen-bond donors (Lipinski definition) is 0. The van der Waals surface area contributed by atoms with Crippen molar-refractivity contribution >= 4 is 3.21 Å². The summed E-state index contributed by atoms with van der Waals surface area (Å²) in [6, 6.07) is 46.0. The van der Waals surface area contributed by atoms with E-state index in [1.807, 2.05) is 6.07 Å². The zero-order valence-corrected chi connectivity index (χ0v) is 27.7. The SMILES string of the molecule is CCc1cc(C(C)(C)C)c[cH-]1.[Cl-].[Cl-].[Zr+2]=[C](c1ccccc1)c1ccccc1.[c-]1cccc2c1Cc1ccccc1-2. The summed E-state index contributed by atoms with van der Waals surface area (Å²) >= 11 is 1.46. The van der Waals surface area contributed by atoms with Crippen molar-refractivity contribution in [3.05, 3.63) is 161 Å². The van der Waals surface area contributed by atoms with Crippen molar-refractivity contribution in [1.82, 2.24) is 0 Å². The van der Waals surface area contributed by atoms with Gasteiger partial charge in [0.25, 0.3) is 0 Å². The Labute approximate surface area is 268 Å². The topological polar surface area (TPSA) is 0 Å². The Bertz CT molecular complexity index is 1380. The fourth-order valence-electron chi connectivity index (χ4n) is 4.55. The smallest absolute Gasteiger partial charge is 0.0253 e. The molecular formula is C37H36Cl2Zr-2. The molecule has 1 aliphatic rings. The molecule has 0 radical (unpaired) electrons. The van der Waals surface area contributed by atoms with E-state index >= 15 is 0 Å². The van der Waals surface area contributed by atoms with Crippen molar-refractivity contribution < 1.29 is 49.0 Å². The van der Waals surface area contributed by atoms with Gasteiger partial charge in [-0.3, -0.25) is 0 Å². The van der Waals surface area contributed by atoms with Gasteiger partial charge in [0, 0.05) is 0 Å². The van der Waals surface area contributed by atoms with Crippen LogP contribution in [0.25, 0.3) is 11.1 Å². The van der Waals surface area contributed by atoms with Crippen molar-refractivity contribution in [2.24, 2.45) is 0 Å². The Morgan fingerprint density at radius 1 is 0.775 bits per heavy atom. The van der Waals surface area contributed by atoms with Gasteiger partial charge in [-0.05, 0) is 6.42 Å². The van der Waals surface area contributed by atoms with Crippen molar-refractivity contribution in [3.8, 4) is 11.1 Å². The van der Waals surface area contributed by atoms with Gasteiger partial charge in [0.2, 0.25) is 0 Å². The van der Waals surface area contributed by atoms with Crippen LogP contribution in [0.3, 0.4) is 0 Å². The van der Waals surface area contributed by atoms with Crippen molar-refractivity contribution in [2.45, 2.75) is 46.0 Å². The van der Waals surface area contributed by atoms with Gasteiger partial charge < -0.3 is 24.8 Å². The molecule has 5 aromatic rings. The summed E-state index contributed by atoms with van der Waals surface area (Å²) in [6.07, 6.45) is 2.20. The maximum absolute atomic E-state index is 3.30. The minimum Gasteiger partial charge on any atom is -0.179 e. The second kappa shape index (κ2) is 16.1. The molecule has 0 nitrogen and oxygen atoms in total. The fraction of sp³-hybridized carbons (Fsp3) is 0.189. The Kier molecular flexibility index (Phi) is 13.6. The van der Waals surface area contributed by atoms with Crippen LogP contribution in [0.2, 0.25) is 0 Å².